The van der Waals surface area contributed by atoms with Crippen LogP contribution in [0.5, 0.6) is 0 Å². The molecule has 1 aliphatic heterocycles. The predicted octanol–water partition coefficient (Wildman–Crippen LogP) is 1.75. The van der Waals surface area contributed by atoms with Gasteiger partial charge in [0.15, 0.2) is 0 Å². The lowest BCUT2D eigenvalue weighted by Crippen LogP contribution is -2.24. The van der Waals surface area contributed by atoms with E-state index < -0.39 is 0 Å². The van der Waals surface area contributed by atoms with Gasteiger partial charge in [-0.25, -0.2) is 4.79 Å². The summed E-state index contributed by atoms with van der Waals surface area (Å²) >= 11 is 0. The van der Waals surface area contributed by atoms with Gasteiger partial charge in [0, 0.05) is 6.54 Å². The zero-order valence-corrected chi connectivity index (χ0v) is 6.80. The van der Waals surface area contributed by atoms with Crippen molar-refractivity contribution in [3.8, 4) is 0 Å². The highest BCUT2D eigenvalue weighted by molar-refractivity contribution is 5.71. The van der Waals surface area contributed by atoms with E-state index in [1.165, 1.54) is 0 Å². The maximum Gasteiger partial charge on any atom is 0.415 e. The molecule has 1 rings (SSSR count). The molecular weight excluding hydrogens is 142 g/mol. The smallest absolute Gasteiger partial charge is 0.413 e. The number of ether oxygens (including phenoxy) is 1. The van der Waals surface area contributed by atoms with Gasteiger partial charge in [-0.15, -0.1) is 0 Å². The van der Waals surface area contributed by atoms with E-state index in [1.807, 2.05) is 0 Å². The van der Waals surface area contributed by atoms with Gasteiger partial charge >= 0.3 is 6.09 Å². The predicted molar refractivity (Wildman–Crippen MR) is 42.1 cm³/mol. The Kier molecular flexibility index (Phi) is 2.52. The number of hydrogen-bond donors (Lipinski definition) is 0. The summed E-state index contributed by atoms with van der Waals surface area (Å²) in [7, 11) is 0. The molecule has 62 valence electrons. The van der Waals surface area contributed by atoms with E-state index in [9.17, 15) is 4.79 Å². The Balaban J connectivity index is 2.34. The van der Waals surface area contributed by atoms with Crippen molar-refractivity contribution in [1.82, 2.24) is 4.90 Å². The van der Waals surface area contributed by atoms with E-state index >= 15 is 0 Å². The van der Waals surface area contributed by atoms with Crippen LogP contribution in [-0.4, -0.2) is 24.1 Å². The van der Waals surface area contributed by atoms with Crippen molar-refractivity contribution in [2.24, 2.45) is 0 Å². The van der Waals surface area contributed by atoms with Crippen LogP contribution in [0.25, 0.3) is 0 Å². The summed E-state index contributed by atoms with van der Waals surface area (Å²) in [5.41, 5.74) is 0. The number of carbonyl (C=O) groups is 1. The first kappa shape index (κ1) is 8.11. The van der Waals surface area contributed by atoms with E-state index in [-0.39, 0.29) is 6.09 Å². The van der Waals surface area contributed by atoms with Crippen LogP contribution in [0.3, 0.4) is 0 Å². The highest BCUT2D eigenvalue weighted by Crippen LogP contribution is 2.12. The third kappa shape index (κ3) is 1.97. The second-order valence-corrected chi connectivity index (χ2v) is 2.68. The third-order valence-electron chi connectivity index (χ3n) is 1.64. The van der Waals surface area contributed by atoms with Crippen molar-refractivity contribution >= 4 is 6.09 Å². The molecule has 1 saturated heterocycles. The van der Waals surface area contributed by atoms with Gasteiger partial charge in [0.05, 0.1) is 6.54 Å². The van der Waals surface area contributed by atoms with E-state index in [2.05, 4.69) is 13.5 Å². The third-order valence-corrected chi connectivity index (χ3v) is 1.64. The number of carbonyl (C=O) groups excluding carboxylic acids is 1. The molecule has 1 heterocycles. The molecule has 0 unspecified atom stereocenters. The lowest BCUT2D eigenvalue weighted by atomic mass is 10.3. The topological polar surface area (TPSA) is 29.5 Å². The van der Waals surface area contributed by atoms with Crippen LogP contribution in [0.1, 0.15) is 19.8 Å². The highest BCUT2D eigenvalue weighted by Gasteiger charge is 2.24. The fourth-order valence-corrected chi connectivity index (χ4v) is 1.02. The molecule has 1 fully saturated rings. The van der Waals surface area contributed by atoms with E-state index in [4.69, 9.17) is 4.74 Å². The molecule has 1 aliphatic rings. The molecule has 0 spiro atoms. The number of hydrogen-bond acceptors (Lipinski definition) is 2. The number of cyclic esters (lactones) is 1. The fraction of sp³-hybridized carbons (Fsp3) is 0.625. The van der Waals surface area contributed by atoms with Crippen LogP contribution in [-0.2, 0) is 4.74 Å². The normalized spacial score (nSPS) is 17.4. The van der Waals surface area contributed by atoms with Crippen molar-refractivity contribution in [3.05, 3.63) is 12.3 Å². The van der Waals surface area contributed by atoms with Gasteiger partial charge in [-0.3, -0.25) is 0 Å². The second kappa shape index (κ2) is 3.42. The molecule has 11 heavy (non-hydrogen) atoms. The minimum absolute atomic E-state index is 0.247. The number of unbranched alkanes of at least 4 members (excludes halogenated alkanes) is 1. The van der Waals surface area contributed by atoms with Gasteiger partial charge in [0.1, 0.15) is 5.76 Å². The molecule has 1 amide bonds. The minimum atomic E-state index is -0.247. The summed E-state index contributed by atoms with van der Waals surface area (Å²) < 4.78 is 4.76. The van der Waals surface area contributed by atoms with Crippen LogP contribution in [0.15, 0.2) is 12.3 Å². The summed E-state index contributed by atoms with van der Waals surface area (Å²) in [6.07, 6.45) is 1.88. The van der Waals surface area contributed by atoms with Crippen LogP contribution < -0.4 is 0 Å². The van der Waals surface area contributed by atoms with Gasteiger partial charge in [-0.1, -0.05) is 19.9 Å². The number of amides is 1. The largest absolute Gasteiger partial charge is 0.415 e. The average Bonchev–Trinajstić information content (AvgIpc) is 2.26. The molecule has 0 aromatic rings. The molecular formula is C8H13NO2. The standard InChI is InChI=1S/C8H13NO2/c1-3-4-5-9-6-7(2)11-8(9)10/h2-6H2,1H3. The first-order valence-corrected chi connectivity index (χ1v) is 3.88. The summed E-state index contributed by atoms with van der Waals surface area (Å²) in [6, 6.07) is 0. The fourth-order valence-electron chi connectivity index (χ4n) is 1.02. The molecule has 0 bridgehead atoms. The van der Waals surface area contributed by atoms with Crippen molar-refractivity contribution in [3.63, 3.8) is 0 Å². The SMILES string of the molecule is C=C1CN(CCCC)C(=O)O1. The molecule has 0 atom stereocenters. The summed E-state index contributed by atoms with van der Waals surface area (Å²) in [5, 5.41) is 0. The van der Waals surface area contributed by atoms with Crippen molar-refractivity contribution < 1.29 is 9.53 Å². The lowest BCUT2D eigenvalue weighted by Gasteiger charge is -2.09. The first-order valence-electron chi connectivity index (χ1n) is 3.88. The summed E-state index contributed by atoms with van der Waals surface area (Å²) in [6.45, 7) is 7.03. The molecule has 0 aliphatic carbocycles. The molecule has 0 aromatic carbocycles. The van der Waals surface area contributed by atoms with Crippen molar-refractivity contribution in [1.29, 1.82) is 0 Å². The van der Waals surface area contributed by atoms with Crippen molar-refractivity contribution in [2.45, 2.75) is 19.8 Å². The average molecular weight is 155 g/mol. The van der Waals surface area contributed by atoms with Crippen LogP contribution >= 0.6 is 0 Å². The molecule has 3 heteroatoms. The molecule has 0 aromatic heterocycles. The lowest BCUT2D eigenvalue weighted by molar-refractivity contribution is 0.168. The van der Waals surface area contributed by atoms with E-state index in [0.29, 0.717) is 12.3 Å². The zero-order chi connectivity index (χ0) is 8.27. The van der Waals surface area contributed by atoms with Gasteiger partial charge in [-0.2, -0.15) is 0 Å². The Bertz CT molecular complexity index is 177. The molecule has 3 nitrogen and oxygen atoms in total. The maximum atomic E-state index is 10.9. The van der Waals surface area contributed by atoms with Crippen LogP contribution in [0.2, 0.25) is 0 Å². The van der Waals surface area contributed by atoms with Crippen LogP contribution in [0, 0.1) is 0 Å². The van der Waals surface area contributed by atoms with Gasteiger partial charge < -0.3 is 9.64 Å². The molecule has 0 N–H and O–H groups in total. The van der Waals surface area contributed by atoms with E-state index in [0.717, 1.165) is 19.4 Å². The Morgan fingerprint density at radius 2 is 2.45 bits per heavy atom. The Labute approximate surface area is 66.6 Å². The van der Waals surface area contributed by atoms with E-state index in [1.54, 1.807) is 4.90 Å². The number of rotatable bonds is 3. The Morgan fingerprint density at radius 1 is 1.73 bits per heavy atom. The van der Waals surface area contributed by atoms with Gasteiger partial charge in [-0.05, 0) is 6.42 Å². The highest BCUT2D eigenvalue weighted by atomic mass is 16.6. The Hall–Kier alpha value is -0.990. The zero-order valence-electron chi connectivity index (χ0n) is 6.80. The summed E-state index contributed by atoms with van der Waals surface area (Å²) in [5.74, 6) is 0.561. The van der Waals surface area contributed by atoms with Crippen LogP contribution in [0.4, 0.5) is 4.79 Å². The number of nitrogens with zero attached hydrogens (tertiary/aromatic N) is 1. The Morgan fingerprint density at radius 3 is 2.91 bits per heavy atom. The maximum absolute atomic E-state index is 10.9. The summed E-state index contributed by atoms with van der Waals surface area (Å²) in [4.78, 5) is 12.6. The molecule has 0 radical (unpaired) electrons. The van der Waals surface area contributed by atoms with Crippen molar-refractivity contribution in [2.75, 3.05) is 13.1 Å². The first-order chi connectivity index (χ1) is 5.24. The van der Waals surface area contributed by atoms with Gasteiger partial charge in [0.2, 0.25) is 0 Å². The quantitative estimate of drug-likeness (QED) is 0.621. The second-order valence-electron chi connectivity index (χ2n) is 2.68. The minimum Gasteiger partial charge on any atom is -0.413 e. The van der Waals surface area contributed by atoms with Gasteiger partial charge in [0.25, 0.3) is 0 Å². The molecule has 0 saturated carbocycles. The monoisotopic (exact) mass is 155 g/mol.